The molecule has 0 spiro atoms. The first-order valence-corrected chi connectivity index (χ1v) is 5.35. The van der Waals surface area contributed by atoms with Crippen LogP contribution in [0.5, 0.6) is 5.75 Å². The first-order valence-electron chi connectivity index (χ1n) is 5.35. The van der Waals surface area contributed by atoms with E-state index in [0.29, 0.717) is 5.75 Å². The van der Waals surface area contributed by atoms with Crippen LogP contribution in [-0.2, 0) is 9.59 Å². The molecule has 18 heavy (non-hydrogen) atoms. The van der Waals surface area contributed by atoms with Crippen LogP contribution in [0.2, 0.25) is 0 Å². The Morgan fingerprint density at radius 3 is 2.72 bits per heavy atom. The Bertz CT molecular complexity index is 432. The molecule has 0 aliphatic rings. The number of aryl methyl sites for hydroxylation is 1. The zero-order chi connectivity index (χ0) is 13.5. The third-order valence-electron chi connectivity index (χ3n) is 2.18. The minimum absolute atomic E-state index is 0.298. The van der Waals surface area contributed by atoms with E-state index in [-0.39, 0.29) is 6.61 Å². The largest absolute Gasteiger partial charge is 0.484 e. The lowest BCUT2D eigenvalue weighted by Gasteiger charge is -2.12. The maximum atomic E-state index is 11.4. The molecule has 0 unspecified atom stereocenters. The molecule has 6 nitrogen and oxygen atoms in total. The highest BCUT2D eigenvalue weighted by Gasteiger charge is 2.18. The third kappa shape index (κ3) is 4.42. The van der Waals surface area contributed by atoms with E-state index < -0.39 is 24.5 Å². The lowest BCUT2D eigenvalue weighted by atomic mass is 10.2. The van der Waals surface area contributed by atoms with Crippen molar-refractivity contribution in [1.82, 2.24) is 5.32 Å². The summed E-state index contributed by atoms with van der Waals surface area (Å²) in [6, 6.07) is 5.82. The van der Waals surface area contributed by atoms with Gasteiger partial charge in [-0.1, -0.05) is 12.1 Å². The molecule has 0 aliphatic heterocycles. The van der Waals surface area contributed by atoms with Crippen LogP contribution < -0.4 is 10.1 Å². The van der Waals surface area contributed by atoms with Crippen molar-refractivity contribution in [1.29, 1.82) is 0 Å². The molecule has 98 valence electrons. The molecule has 0 fully saturated rings. The smallest absolute Gasteiger partial charge is 0.328 e. The van der Waals surface area contributed by atoms with Gasteiger partial charge < -0.3 is 20.3 Å². The molecule has 0 saturated carbocycles. The van der Waals surface area contributed by atoms with Crippen LogP contribution in [0.1, 0.15) is 5.56 Å². The number of aliphatic hydroxyl groups is 1. The minimum atomic E-state index is -1.31. The Kier molecular flexibility index (Phi) is 5.13. The molecule has 0 aliphatic carbocycles. The molecule has 1 aromatic rings. The average molecular weight is 253 g/mol. The number of carboxylic acids is 1. The Labute approximate surface area is 104 Å². The van der Waals surface area contributed by atoms with Gasteiger partial charge in [-0.25, -0.2) is 4.79 Å². The van der Waals surface area contributed by atoms with Gasteiger partial charge >= 0.3 is 5.97 Å². The number of nitrogens with one attached hydrogen (secondary N) is 1. The molecule has 0 radical (unpaired) electrons. The maximum Gasteiger partial charge on any atom is 0.328 e. The molecule has 1 rings (SSSR count). The van der Waals surface area contributed by atoms with Gasteiger partial charge in [-0.2, -0.15) is 0 Å². The second-order valence-corrected chi connectivity index (χ2v) is 3.75. The Hall–Kier alpha value is -2.08. The molecule has 0 heterocycles. The number of benzene rings is 1. The van der Waals surface area contributed by atoms with Crippen LogP contribution in [-0.4, -0.2) is 41.3 Å². The van der Waals surface area contributed by atoms with Crippen molar-refractivity contribution in [3.05, 3.63) is 29.8 Å². The van der Waals surface area contributed by atoms with Gasteiger partial charge in [0.25, 0.3) is 5.91 Å². The number of carbonyl (C=O) groups excluding carboxylic acids is 1. The van der Waals surface area contributed by atoms with E-state index >= 15 is 0 Å². The van der Waals surface area contributed by atoms with Gasteiger partial charge in [0.1, 0.15) is 11.8 Å². The summed E-state index contributed by atoms with van der Waals surface area (Å²) in [6.45, 7) is 0.928. The third-order valence-corrected chi connectivity index (χ3v) is 2.18. The summed E-state index contributed by atoms with van der Waals surface area (Å²) < 4.78 is 5.19. The van der Waals surface area contributed by atoms with Crippen LogP contribution in [0.4, 0.5) is 0 Å². The van der Waals surface area contributed by atoms with E-state index in [0.717, 1.165) is 5.56 Å². The van der Waals surface area contributed by atoms with Crippen molar-refractivity contribution in [2.45, 2.75) is 13.0 Å². The normalized spacial score (nSPS) is 11.7. The highest BCUT2D eigenvalue weighted by atomic mass is 16.5. The second-order valence-electron chi connectivity index (χ2n) is 3.75. The van der Waals surface area contributed by atoms with Gasteiger partial charge in [0.05, 0.1) is 6.61 Å². The number of aliphatic carboxylic acids is 1. The fourth-order valence-electron chi connectivity index (χ4n) is 1.28. The lowest BCUT2D eigenvalue weighted by molar-refractivity contribution is -0.143. The number of ether oxygens (including phenoxy) is 1. The minimum Gasteiger partial charge on any atom is -0.484 e. The van der Waals surface area contributed by atoms with Crippen LogP contribution >= 0.6 is 0 Å². The summed E-state index contributed by atoms with van der Waals surface area (Å²) in [6.07, 6.45) is 0. The predicted molar refractivity (Wildman–Crippen MR) is 63.3 cm³/mol. The fraction of sp³-hybridized carbons (Fsp3) is 0.333. The molecule has 1 aromatic carbocycles. The molecule has 1 amide bonds. The number of rotatable bonds is 6. The molecule has 0 saturated heterocycles. The van der Waals surface area contributed by atoms with Gasteiger partial charge in [-0.3, -0.25) is 4.79 Å². The monoisotopic (exact) mass is 253 g/mol. The molecular formula is C12H15NO5. The number of amides is 1. The Morgan fingerprint density at radius 2 is 2.17 bits per heavy atom. The van der Waals surface area contributed by atoms with Gasteiger partial charge in [-0.05, 0) is 24.6 Å². The Morgan fingerprint density at radius 1 is 1.44 bits per heavy atom. The lowest BCUT2D eigenvalue weighted by Crippen LogP contribution is -2.45. The van der Waals surface area contributed by atoms with Crippen LogP contribution in [0.25, 0.3) is 0 Å². The number of hydrogen-bond donors (Lipinski definition) is 3. The maximum absolute atomic E-state index is 11.4. The van der Waals surface area contributed by atoms with E-state index in [4.69, 9.17) is 14.9 Å². The Balaban J connectivity index is 2.44. The summed E-state index contributed by atoms with van der Waals surface area (Å²) in [5.41, 5.74) is 0.992. The molecule has 0 aromatic heterocycles. The number of hydrogen-bond acceptors (Lipinski definition) is 4. The van der Waals surface area contributed by atoms with Crippen molar-refractivity contribution < 1.29 is 24.5 Å². The topological polar surface area (TPSA) is 95.9 Å². The van der Waals surface area contributed by atoms with Crippen molar-refractivity contribution in [2.24, 2.45) is 0 Å². The standard InChI is InChI=1S/C12H15NO5/c1-8-3-2-4-9(5-8)18-7-11(15)13-10(6-14)12(16)17/h2-5,10,14H,6-7H2,1H3,(H,13,15)(H,16,17)/t10-/m1/s1. The number of aliphatic hydroxyl groups excluding tert-OH is 1. The van der Waals surface area contributed by atoms with Gasteiger partial charge in [0, 0.05) is 0 Å². The summed E-state index contributed by atoms with van der Waals surface area (Å²) in [7, 11) is 0. The van der Waals surface area contributed by atoms with Gasteiger partial charge in [0.2, 0.25) is 0 Å². The average Bonchev–Trinajstić information content (AvgIpc) is 2.33. The number of carbonyl (C=O) groups is 2. The van der Waals surface area contributed by atoms with Gasteiger partial charge in [0.15, 0.2) is 6.61 Å². The van der Waals surface area contributed by atoms with Crippen LogP contribution in [0.3, 0.4) is 0 Å². The first kappa shape index (κ1) is 14.0. The molecule has 3 N–H and O–H groups in total. The molecule has 1 atom stereocenters. The van der Waals surface area contributed by atoms with Crippen LogP contribution in [0.15, 0.2) is 24.3 Å². The zero-order valence-corrected chi connectivity index (χ0v) is 9.92. The predicted octanol–water partition coefficient (Wildman–Crippen LogP) is -0.0645. The summed E-state index contributed by atoms with van der Waals surface area (Å²) in [5.74, 6) is -1.36. The van der Waals surface area contributed by atoms with Crippen molar-refractivity contribution in [3.63, 3.8) is 0 Å². The molecule has 0 bridgehead atoms. The number of carboxylic acid groups (broad SMARTS) is 1. The fourth-order valence-corrected chi connectivity index (χ4v) is 1.28. The van der Waals surface area contributed by atoms with E-state index in [2.05, 4.69) is 5.32 Å². The van der Waals surface area contributed by atoms with Crippen molar-refractivity contribution in [3.8, 4) is 5.75 Å². The van der Waals surface area contributed by atoms with E-state index in [1.807, 2.05) is 13.0 Å². The highest BCUT2D eigenvalue weighted by molar-refractivity contribution is 5.84. The van der Waals surface area contributed by atoms with E-state index in [9.17, 15) is 9.59 Å². The first-order chi connectivity index (χ1) is 8.52. The van der Waals surface area contributed by atoms with Crippen molar-refractivity contribution >= 4 is 11.9 Å². The summed E-state index contributed by atoms with van der Waals surface area (Å²) in [5, 5.41) is 19.5. The summed E-state index contributed by atoms with van der Waals surface area (Å²) >= 11 is 0. The molecular weight excluding hydrogens is 238 g/mol. The van der Waals surface area contributed by atoms with Gasteiger partial charge in [-0.15, -0.1) is 0 Å². The molecule has 6 heteroatoms. The summed E-state index contributed by atoms with van der Waals surface area (Å²) in [4.78, 5) is 21.9. The zero-order valence-electron chi connectivity index (χ0n) is 9.92. The SMILES string of the molecule is Cc1cccc(OCC(=O)N[C@H](CO)C(=O)O)c1. The van der Waals surface area contributed by atoms with Crippen LogP contribution in [0, 0.1) is 6.92 Å². The quantitative estimate of drug-likeness (QED) is 0.660. The second kappa shape index (κ2) is 6.61. The van der Waals surface area contributed by atoms with E-state index in [1.54, 1.807) is 18.2 Å². The van der Waals surface area contributed by atoms with Crippen molar-refractivity contribution in [2.75, 3.05) is 13.2 Å². The highest BCUT2D eigenvalue weighted by Crippen LogP contribution is 2.11. The van der Waals surface area contributed by atoms with E-state index in [1.165, 1.54) is 0 Å².